The third-order valence-corrected chi connectivity index (χ3v) is 4.72. The molecule has 0 aliphatic heterocycles. The van der Waals surface area contributed by atoms with Gasteiger partial charge in [0.25, 0.3) is 5.89 Å². The molecule has 0 radical (unpaired) electrons. The van der Waals surface area contributed by atoms with Crippen LogP contribution in [-0.2, 0) is 0 Å². The van der Waals surface area contributed by atoms with Crippen LogP contribution in [0.3, 0.4) is 0 Å². The Balaban J connectivity index is 1.78. The zero-order valence-corrected chi connectivity index (χ0v) is 12.5. The minimum atomic E-state index is -0.595. The molecule has 1 aromatic carbocycles. The van der Waals surface area contributed by atoms with Crippen molar-refractivity contribution in [3.63, 3.8) is 0 Å². The summed E-state index contributed by atoms with van der Waals surface area (Å²) in [5, 5.41) is 9.66. The maximum Gasteiger partial charge on any atom is 0.257 e. The predicted octanol–water partition coefficient (Wildman–Crippen LogP) is 4.93. The number of hydrogen-bond donors (Lipinski definition) is 0. The highest BCUT2D eigenvalue weighted by atomic mass is 32.2. The molecule has 0 aliphatic rings. The quantitative estimate of drug-likeness (QED) is 0.638. The van der Waals surface area contributed by atoms with E-state index in [9.17, 15) is 8.78 Å². The number of benzene rings is 1. The van der Waals surface area contributed by atoms with E-state index in [0.29, 0.717) is 16.7 Å². The summed E-state index contributed by atoms with van der Waals surface area (Å²) in [4.78, 5) is 1.23. The molecule has 2 aromatic heterocycles. The zero-order chi connectivity index (χ0) is 14.8. The summed E-state index contributed by atoms with van der Waals surface area (Å²) in [6.45, 7) is 1.83. The minimum Gasteiger partial charge on any atom is -0.419 e. The van der Waals surface area contributed by atoms with Crippen molar-refractivity contribution in [3.8, 4) is 10.8 Å². The van der Waals surface area contributed by atoms with Gasteiger partial charge in [0.05, 0.1) is 10.1 Å². The number of nitrogens with zero attached hydrogens (tertiary/aromatic N) is 2. The summed E-state index contributed by atoms with van der Waals surface area (Å²) >= 11 is 2.71. The van der Waals surface area contributed by atoms with Crippen LogP contribution >= 0.6 is 23.1 Å². The lowest BCUT2D eigenvalue weighted by Gasteiger charge is -2.07. The summed E-state index contributed by atoms with van der Waals surface area (Å²) in [6, 6.07) is 7.28. The van der Waals surface area contributed by atoms with E-state index in [1.54, 1.807) is 0 Å². The number of hydrogen-bond acceptors (Lipinski definition) is 5. The van der Waals surface area contributed by atoms with Crippen LogP contribution in [0.2, 0.25) is 0 Å². The van der Waals surface area contributed by atoms with Crippen molar-refractivity contribution in [2.75, 3.05) is 0 Å². The highest BCUT2D eigenvalue weighted by Crippen LogP contribution is 2.36. The van der Waals surface area contributed by atoms with Gasteiger partial charge in [-0.2, -0.15) is 0 Å². The lowest BCUT2D eigenvalue weighted by molar-refractivity contribution is 0.509. The number of halogens is 2. The Morgan fingerprint density at radius 1 is 1.24 bits per heavy atom. The van der Waals surface area contributed by atoms with Crippen molar-refractivity contribution in [2.24, 2.45) is 0 Å². The van der Waals surface area contributed by atoms with Crippen molar-refractivity contribution in [2.45, 2.75) is 17.1 Å². The highest BCUT2D eigenvalue weighted by molar-refractivity contribution is 7.99. The number of thiophene rings is 1. The molecule has 3 rings (SSSR count). The van der Waals surface area contributed by atoms with Gasteiger partial charge in [0, 0.05) is 11.0 Å². The Hall–Kier alpha value is -1.73. The van der Waals surface area contributed by atoms with E-state index in [-0.39, 0.29) is 5.25 Å². The number of rotatable bonds is 4. The maximum absolute atomic E-state index is 13.6. The standard InChI is InChI=1S/C14H10F2N2OS2/c1-8(21-11-5-4-9(15)7-10(11)16)13-17-18-14(19-13)12-3-2-6-20-12/h2-8H,1H3/t8-/m0/s1. The molecule has 0 saturated heterocycles. The van der Waals surface area contributed by atoms with Crippen molar-refractivity contribution in [3.05, 3.63) is 53.2 Å². The van der Waals surface area contributed by atoms with Crippen LogP contribution in [0.15, 0.2) is 45.0 Å². The molecular weight excluding hydrogens is 314 g/mol. The Kier molecular flexibility index (Phi) is 4.03. The van der Waals surface area contributed by atoms with Crippen LogP contribution in [0.1, 0.15) is 18.1 Å². The van der Waals surface area contributed by atoms with Gasteiger partial charge in [-0.25, -0.2) is 8.78 Å². The Labute approximate surface area is 128 Å². The average Bonchev–Trinajstić information content (AvgIpc) is 3.10. The minimum absolute atomic E-state index is 0.230. The second kappa shape index (κ2) is 5.95. The highest BCUT2D eigenvalue weighted by Gasteiger charge is 2.18. The van der Waals surface area contributed by atoms with E-state index in [1.165, 1.54) is 35.2 Å². The molecule has 7 heteroatoms. The molecule has 0 unspecified atom stereocenters. The third-order valence-electron chi connectivity index (χ3n) is 2.72. The van der Waals surface area contributed by atoms with Gasteiger partial charge >= 0.3 is 0 Å². The first-order chi connectivity index (χ1) is 10.1. The third kappa shape index (κ3) is 3.14. The van der Waals surface area contributed by atoms with Crippen LogP contribution in [0.4, 0.5) is 8.78 Å². The van der Waals surface area contributed by atoms with Crippen LogP contribution in [0.5, 0.6) is 0 Å². The monoisotopic (exact) mass is 324 g/mol. The SMILES string of the molecule is C[C@H](Sc1ccc(F)cc1F)c1nnc(-c2cccs2)o1. The smallest absolute Gasteiger partial charge is 0.257 e. The summed E-state index contributed by atoms with van der Waals surface area (Å²) < 4.78 is 32.1. The van der Waals surface area contributed by atoms with Crippen molar-refractivity contribution in [1.82, 2.24) is 10.2 Å². The van der Waals surface area contributed by atoms with E-state index >= 15 is 0 Å². The summed E-state index contributed by atoms with van der Waals surface area (Å²) in [5.74, 6) is -0.328. The Bertz CT molecular complexity index is 743. The van der Waals surface area contributed by atoms with Crippen molar-refractivity contribution < 1.29 is 13.2 Å². The molecular formula is C14H10F2N2OS2. The summed E-state index contributed by atoms with van der Waals surface area (Å²) in [5.41, 5.74) is 0. The van der Waals surface area contributed by atoms with Gasteiger partial charge in [0.1, 0.15) is 11.6 Å². The van der Waals surface area contributed by atoms with E-state index in [0.717, 1.165) is 10.9 Å². The van der Waals surface area contributed by atoms with Crippen molar-refractivity contribution >= 4 is 23.1 Å². The van der Waals surface area contributed by atoms with Crippen LogP contribution in [0, 0.1) is 11.6 Å². The number of aromatic nitrogens is 2. The molecule has 3 nitrogen and oxygen atoms in total. The Morgan fingerprint density at radius 2 is 2.10 bits per heavy atom. The lowest BCUT2D eigenvalue weighted by atomic mass is 10.3. The van der Waals surface area contributed by atoms with Crippen LogP contribution in [0.25, 0.3) is 10.8 Å². The molecule has 0 fully saturated rings. The van der Waals surface area contributed by atoms with Gasteiger partial charge in [-0.3, -0.25) is 0 Å². The van der Waals surface area contributed by atoms with Gasteiger partial charge in [0.15, 0.2) is 0 Å². The Morgan fingerprint density at radius 3 is 2.81 bits per heavy atom. The zero-order valence-electron chi connectivity index (χ0n) is 10.9. The van der Waals surface area contributed by atoms with Gasteiger partial charge in [-0.1, -0.05) is 6.07 Å². The number of thioether (sulfide) groups is 1. The second-order valence-electron chi connectivity index (χ2n) is 4.26. The second-order valence-corrected chi connectivity index (χ2v) is 6.59. The van der Waals surface area contributed by atoms with Gasteiger partial charge in [0.2, 0.25) is 5.89 Å². The van der Waals surface area contributed by atoms with E-state index in [2.05, 4.69) is 10.2 Å². The molecule has 0 spiro atoms. The molecule has 0 saturated carbocycles. The first-order valence-electron chi connectivity index (χ1n) is 6.12. The van der Waals surface area contributed by atoms with E-state index in [1.807, 2.05) is 24.4 Å². The molecule has 0 amide bonds. The molecule has 2 heterocycles. The maximum atomic E-state index is 13.6. The molecule has 0 aliphatic carbocycles. The summed E-state index contributed by atoms with van der Waals surface area (Å²) in [6.07, 6.45) is 0. The van der Waals surface area contributed by atoms with E-state index in [4.69, 9.17) is 4.42 Å². The molecule has 0 bridgehead atoms. The van der Waals surface area contributed by atoms with Gasteiger partial charge < -0.3 is 4.42 Å². The molecule has 0 N–H and O–H groups in total. The molecule has 108 valence electrons. The van der Waals surface area contributed by atoms with Crippen LogP contribution < -0.4 is 0 Å². The summed E-state index contributed by atoms with van der Waals surface area (Å²) in [7, 11) is 0. The first-order valence-corrected chi connectivity index (χ1v) is 7.88. The first kappa shape index (κ1) is 14.2. The lowest BCUT2D eigenvalue weighted by Crippen LogP contribution is -1.91. The van der Waals surface area contributed by atoms with Gasteiger partial charge in [-0.05, 0) is 30.5 Å². The fourth-order valence-electron chi connectivity index (χ4n) is 1.71. The fraction of sp³-hybridized carbons (Fsp3) is 0.143. The van der Waals surface area contributed by atoms with Crippen molar-refractivity contribution in [1.29, 1.82) is 0 Å². The van der Waals surface area contributed by atoms with Crippen LogP contribution in [-0.4, -0.2) is 10.2 Å². The molecule has 21 heavy (non-hydrogen) atoms. The van der Waals surface area contributed by atoms with Gasteiger partial charge in [-0.15, -0.1) is 33.3 Å². The topological polar surface area (TPSA) is 38.9 Å². The normalized spacial score (nSPS) is 12.5. The molecule has 1 atom stereocenters. The largest absolute Gasteiger partial charge is 0.419 e. The van der Waals surface area contributed by atoms with E-state index < -0.39 is 11.6 Å². The predicted molar refractivity (Wildman–Crippen MR) is 78.2 cm³/mol. The molecule has 3 aromatic rings. The average molecular weight is 324 g/mol. The fourth-order valence-corrected chi connectivity index (χ4v) is 3.25.